The highest BCUT2D eigenvalue weighted by molar-refractivity contribution is 7.12. The Morgan fingerprint density at radius 1 is 1.38 bits per heavy atom. The van der Waals surface area contributed by atoms with Gasteiger partial charge in [-0.15, -0.1) is 11.3 Å². The molecule has 0 aliphatic carbocycles. The zero-order valence-electron chi connectivity index (χ0n) is 7.91. The molecule has 0 aliphatic heterocycles. The summed E-state index contributed by atoms with van der Waals surface area (Å²) in [4.78, 5) is 16.1. The van der Waals surface area contributed by atoms with E-state index >= 15 is 0 Å². The van der Waals surface area contributed by atoms with Crippen molar-refractivity contribution in [2.75, 3.05) is 5.32 Å². The number of halogens is 2. The van der Waals surface area contributed by atoms with Crippen molar-refractivity contribution in [2.24, 2.45) is 0 Å². The molecular formula is C10H6Cl2N2OS. The van der Waals surface area contributed by atoms with Gasteiger partial charge in [-0.2, -0.15) is 0 Å². The van der Waals surface area contributed by atoms with Gasteiger partial charge < -0.3 is 5.32 Å². The summed E-state index contributed by atoms with van der Waals surface area (Å²) in [5.41, 5.74) is 0.592. The highest BCUT2D eigenvalue weighted by Crippen LogP contribution is 2.23. The molecule has 0 saturated carbocycles. The molecule has 2 aromatic heterocycles. The van der Waals surface area contributed by atoms with Crippen LogP contribution in [0.4, 0.5) is 5.69 Å². The number of aromatic nitrogens is 1. The predicted octanol–water partition coefficient (Wildman–Crippen LogP) is 3.70. The number of hydrogen-bond donors (Lipinski definition) is 1. The number of nitrogens with zero attached hydrogens (tertiary/aromatic N) is 1. The van der Waals surface area contributed by atoms with E-state index in [2.05, 4.69) is 10.3 Å². The average Bonchev–Trinajstić information content (AvgIpc) is 2.64. The van der Waals surface area contributed by atoms with Crippen LogP contribution in [-0.4, -0.2) is 10.9 Å². The van der Waals surface area contributed by atoms with Gasteiger partial charge in [-0.05, 0) is 23.6 Å². The molecule has 82 valence electrons. The summed E-state index contributed by atoms with van der Waals surface area (Å²) in [5.74, 6) is -0.248. The molecule has 0 saturated heterocycles. The molecule has 2 rings (SSSR count). The van der Waals surface area contributed by atoms with E-state index in [0.717, 1.165) is 0 Å². The van der Waals surface area contributed by atoms with Crippen molar-refractivity contribution in [3.8, 4) is 0 Å². The molecule has 0 spiro atoms. The largest absolute Gasteiger partial charge is 0.321 e. The molecule has 2 heterocycles. The van der Waals surface area contributed by atoms with Crippen molar-refractivity contribution in [2.45, 2.75) is 0 Å². The first-order chi connectivity index (χ1) is 7.66. The van der Waals surface area contributed by atoms with Crippen molar-refractivity contribution in [1.82, 2.24) is 4.98 Å². The summed E-state index contributed by atoms with van der Waals surface area (Å²) in [6, 6.07) is 4.91. The van der Waals surface area contributed by atoms with Gasteiger partial charge in [-0.3, -0.25) is 4.79 Å². The van der Waals surface area contributed by atoms with Gasteiger partial charge in [0.25, 0.3) is 5.91 Å². The van der Waals surface area contributed by atoms with Crippen LogP contribution in [-0.2, 0) is 0 Å². The molecule has 1 amide bonds. The molecule has 0 bridgehead atoms. The van der Waals surface area contributed by atoms with Crippen LogP contribution in [0.15, 0.2) is 29.8 Å². The zero-order chi connectivity index (χ0) is 11.5. The molecule has 6 heteroatoms. The minimum Gasteiger partial charge on any atom is -0.321 e. The summed E-state index contributed by atoms with van der Waals surface area (Å²) in [6.45, 7) is 0. The van der Waals surface area contributed by atoms with Gasteiger partial charge in [-0.1, -0.05) is 23.2 Å². The predicted molar refractivity (Wildman–Crippen MR) is 66.5 cm³/mol. The van der Waals surface area contributed by atoms with Gasteiger partial charge in [0.05, 0.1) is 5.02 Å². The molecule has 0 aliphatic rings. The normalized spacial score (nSPS) is 10.1. The number of carbonyl (C=O) groups is 1. The number of rotatable bonds is 2. The minimum absolute atomic E-state index is 0.248. The van der Waals surface area contributed by atoms with E-state index in [1.54, 1.807) is 23.6 Å². The summed E-state index contributed by atoms with van der Waals surface area (Å²) in [6.07, 6.45) is 1.52. The van der Waals surface area contributed by atoms with Crippen LogP contribution in [0.25, 0.3) is 0 Å². The van der Waals surface area contributed by atoms with Gasteiger partial charge in [0.1, 0.15) is 10.0 Å². The summed E-state index contributed by atoms with van der Waals surface area (Å²) < 4.78 is 0. The average molecular weight is 273 g/mol. The fourth-order valence-electron chi connectivity index (χ4n) is 1.12. The Kier molecular flexibility index (Phi) is 3.43. The molecular weight excluding hydrogens is 267 g/mol. The molecule has 0 radical (unpaired) electrons. The fraction of sp³-hybridized carbons (Fsp3) is 0. The maximum Gasteiger partial charge on any atom is 0.267 e. The lowest BCUT2D eigenvalue weighted by atomic mass is 10.3. The Morgan fingerprint density at radius 2 is 2.19 bits per heavy atom. The Hall–Kier alpha value is -1.10. The molecule has 0 unspecified atom stereocenters. The highest BCUT2D eigenvalue weighted by atomic mass is 35.5. The van der Waals surface area contributed by atoms with E-state index in [0.29, 0.717) is 20.7 Å². The lowest BCUT2D eigenvalue weighted by Gasteiger charge is -2.03. The van der Waals surface area contributed by atoms with Crippen LogP contribution in [0.3, 0.4) is 0 Å². The molecule has 2 aromatic rings. The third-order valence-corrected chi connectivity index (χ3v) is 3.35. The summed E-state index contributed by atoms with van der Waals surface area (Å²) in [5, 5.41) is 5.22. The van der Waals surface area contributed by atoms with Gasteiger partial charge in [0.2, 0.25) is 0 Å². The third kappa shape index (κ3) is 2.52. The van der Waals surface area contributed by atoms with Crippen molar-refractivity contribution in [1.29, 1.82) is 0 Å². The van der Waals surface area contributed by atoms with Crippen LogP contribution in [0.5, 0.6) is 0 Å². The second-order valence-corrected chi connectivity index (χ2v) is 4.63. The number of amides is 1. The molecule has 16 heavy (non-hydrogen) atoms. The van der Waals surface area contributed by atoms with Crippen molar-refractivity contribution in [3.63, 3.8) is 0 Å². The number of anilines is 1. The van der Waals surface area contributed by atoms with Gasteiger partial charge in [0, 0.05) is 11.9 Å². The van der Waals surface area contributed by atoms with Crippen LogP contribution in [0.1, 0.15) is 9.67 Å². The number of nitrogens with one attached hydrogen (secondary N) is 1. The van der Waals surface area contributed by atoms with Crippen molar-refractivity contribution in [3.05, 3.63) is 44.8 Å². The Balaban J connectivity index is 2.17. The summed E-state index contributed by atoms with van der Waals surface area (Å²) in [7, 11) is 0. The monoisotopic (exact) mass is 272 g/mol. The van der Waals surface area contributed by atoms with Crippen LogP contribution < -0.4 is 5.32 Å². The molecule has 3 nitrogen and oxygen atoms in total. The number of hydrogen-bond acceptors (Lipinski definition) is 3. The van der Waals surface area contributed by atoms with E-state index in [4.69, 9.17) is 23.2 Å². The number of thiophene rings is 1. The second-order valence-electron chi connectivity index (χ2n) is 2.92. The first kappa shape index (κ1) is 11.4. The van der Waals surface area contributed by atoms with Crippen LogP contribution in [0, 0.1) is 0 Å². The lowest BCUT2D eigenvalue weighted by Crippen LogP contribution is -2.10. The quantitative estimate of drug-likeness (QED) is 0.847. The second kappa shape index (κ2) is 4.82. The van der Waals surface area contributed by atoms with Gasteiger partial charge in [-0.25, -0.2) is 4.98 Å². The first-order valence-corrected chi connectivity index (χ1v) is 5.96. The van der Waals surface area contributed by atoms with Crippen molar-refractivity contribution >= 4 is 46.1 Å². The van der Waals surface area contributed by atoms with E-state index in [1.807, 2.05) is 0 Å². The third-order valence-electron chi connectivity index (χ3n) is 1.81. The first-order valence-electron chi connectivity index (χ1n) is 4.33. The molecule has 1 N–H and O–H groups in total. The van der Waals surface area contributed by atoms with Crippen LogP contribution in [0.2, 0.25) is 10.2 Å². The van der Waals surface area contributed by atoms with E-state index < -0.39 is 0 Å². The Labute approximate surface area is 106 Å². The SMILES string of the molecule is O=C(Nc1ccnc(Cl)c1)c1sccc1Cl. The Bertz CT molecular complexity index is 527. The van der Waals surface area contributed by atoms with Crippen LogP contribution >= 0.6 is 34.5 Å². The van der Waals surface area contributed by atoms with E-state index in [-0.39, 0.29) is 5.91 Å². The van der Waals surface area contributed by atoms with E-state index in [9.17, 15) is 4.79 Å². The Morgan fingerprint density at radius 3 is 2.81 bits per heavy atom. The maximum atomic E-state index is 11.8. The molecule has 0 fully saturated rings. The number of carbonyl (C=O) groups excluding carboxylic acids is 1. The van der Waals surface area contributed by atoms with Gasteiger partial charge >= 0.3 is 0 Å². The summed E-state index contributed by atoms with van der Waals surface area (Å²) >= 11 is 12.8. The fourth-order valence-corrected chi connectivity index (χ4v) is 2.33. The highest BCUT2D eigenvalue weighted by Gasteiger charge is 2.11. The van der Waals surface area contributed by atoms with E-state index in [1.165, 1.54) is 17.5 Å². The zero-order valence-corrected chi connectivity index (χ0v) is 10.2. The lowest BCUT2D eigenvalue weighted by molar-refractivity contribution is 0.103. The van der Waals surface area contributed by atoms with Gasteiger partial charge in [0.15, 0.2) is 0 Å². The number of pyridine rings is 1. The molecule has 0 atom stereocenters. The maximum absolute atomic E-state index is 11.8. The minimum atomic E-state index is -0.248. The smallest absolute Gasteiger partial charge is 0.267 e. The standard InChI is InChI=1S/C10H6Cl2N2OS/c11-7-2-4-16-9(7)10(15)14-6-1-3-13-8(12)5-6/h1-5H,(H,13,14,15). The van der Waals surface area contributed by atoms with Crippen molar-refractivity contribution < 1.29 is 4.79 Å². The molecule has 0 aromatic carbocycles. The topological polar surface area (TPSA) is 42.0 Å².